The van der Waals surface area contributed by atoms with Gasteiger partial charge < -0.3 is 10.8 Å². The molecule has 0 saturated carbocycles. The van der Waals surface area contributed by atoms with Crippen molar-refractivity contribution in [3.05, 3.63) is 0 Å². The molecular weight excluding hydrogens is 186 g/mol. The van der Waals surface area contributed by atoms with Gasteiger partial charge in [0.15, 0.2) is 0 Å². The van der Waals surface area contributed by atoms with Gasteiger partial charge in [0.1, 0.15) is 6.04 Å². The molecule has 0 aliphatic heterocycles. The molecule has 0 spiro atoms. The van der Waals surface area contributed by atoms with Crippen molar-refractivity contribution in [1.29, 1.82) is 0 Å². The molecule has 3 N–H and O–H groups in total. The van der Waals surface area contributed by atoms with Gasteiger partial charge in [-0.1, -0.05) is 13.8 Å². The van der Waals surface area contributed by atoms with Gasteiger partial charge in [-0.25, -0.2) is 0 Å². The van der Waals surface area contributed by atoms with Crippen LogP contribution in [0.2, 0.25) is 0 Å². The van der Waals surface area contributed by atoms with E-state index in [0.29, 0.717) is 0 Å². The maximum absolute atomic E-state index is 10.0. The van der Waals surface area contributed by atoms with Crippen LogP contribution in [-0.2, 0) is 4.79 Å². The fourth-order valence-corrected chi connectivity index (χ4v) is 0.285. The van der Waals surface area contributed by atoms with Crippen LogP contribution in [0.1, 0.15) is 13.8 Å². The van der Waals surface area contributed by atoms with Crippen molar-refractivity contribution in [1.82, 2.24) is 0 Å². The molecule has 0 saturated heterocycles. The number of carboxylic acid groups (broad SMARTS) is 1. The van der Waals surface area contributed by atoms with Gasteiger partial charge in [-0.2, -0.15) is 0 Å². The van der Waals surface area contributed by atoms with Crippen LogP contribution in [0.5, 0.6) is 0 Å². The van der Waals surface area contributed by atoms with Gasteiger partial charge in [-0.3, -0.25) is 4.79 Å². The molecular formula is C5H12BrNO2. The first kappa shape index (κ1) is 11.7. The zero-order chi connectivity index (χ0) is 6.73. The van der Waals surface area contributed by atoms with Gasteiger partial charge in [0.05, 0.1) is 0 Å². The summed E-state index contributed by atoms with van der Waals surface area (Å²) in [6.07, 6.45) is 0. The first-order chi connectivity index (χ1) is 3.55. The largest absolute Gasteiger partial charge is 0.480 e. The molecule has 0 rings (SSSR count). The molecule has 56 valence electrons. The predicted octanol–water partition coefficient (Wildman–Crippen LogP) is 0.632. The van der Waals surface area contributed by atoms with Crippen LogP contribution in [0.25, 0.3) is 0 Å². The van der Waals surface area contributed by atoms with E-state index in [9.17, 15) is 4.79 Å². The van der Waals surface area contributed by atoms with Crippen molar-refractivity contribution in [2.45, 2.75) is 19.9 Å². The Balaban J connectivity index is 0. The van der Waals surface area contributed by atoms with Crippen molar-refractivity contribution in [3.8, 4) is 0 Å². The smallest absolute Gasteiger partial charge is 0.320 e. The van der Waals surface area contributed by atoms with Gasteiger partial charge >= 0.3 is 5.97 Å². The highest BCUT2D eigenvalue weighted by molar-refractivity contribution is 8.93. The molecule has 0 amide bonds. The summed E-state index contributed by atoms with van der Waals surface area (Å²) < 4.78 is 0. The highest BCUT2D eigenvalue weighted by Gasteiger charge is 2.14. The third-order valence-electron chi connectivity index (χ3n) is 1.00. The minimum Gasteiger partial charge on any atom is -0.480 e. The molecule has 0 bridgehead atoms. The second kappa shape index (κ2) is 4.76. The second-order valence-electron chi connectivity index (χ2n) is 2.11. The molecule has 1 unspecified atom stereocenters. The Labute approximate surface area is 65.0 Å². The Morgan fingerprint density at radius 3 is 1.89 bits per heavy atom. The minimum atomic E-state index is -0.931. The van der Waals surface area contributed by atoms with Crippen molar-refractivity contribution in [2.75, 3.05) is 0 Å². The van der Waals surface area contributed by atoms with Gasteiger partial charge in [0.25, 0.3) is 0 Å². The van der Waals surface area contributed by atoms with Crippen molar-refractivity contribution >= 4 is 23.0 Å². The van der Waals surface area contributed by atoms with Gasteiger partial charge in [-0.15, -0.1) is 17.0 Å². The van der Waals surface area contributed by atoms with E-state index in [4.69, 9.17) is 10.8 Å². The molecule has 9 heavy (non-hydrogen) atoms. The summed E-state index contributed by atoms with van der Waals surface area (Å²) >= 11 is 0. The van der Waals surface area contributed by atoms with Crippen LogP contribution in [0.3, 0.4) is 0 Å². The van der Waals surface area contributed by atoms with Gasteiger partial charge in [0, 0.05) is 0 Å². The lowest BCUT2D eigenvalue weighted by Gasteiger charge is -2.07. The quantitative estimate of drug-likeness (QED) is 0.683. The van der Waals surface area contributed by atoms with E-state index in [1.54, 1.807) is 13.8 Å². The lowest BCUT2D eigenvalue weighted by molar-refractivity contribution is -0.139. The van der Waals surface area contributed by atoms with E-state index >= 15 is 0 Å². The summed E-state index contributed by atoms with van der Waals surface area (Å²) in [6, 6.07) is -0.713. The van der Waals surface area contributed by atoms with E-state index in [2.05, 4.69) is 0 Å². The molecule has 1 atom stereocenters. The molecule has 0 radical (unpaired) electrons. The first-order valence-electron chi connectivity index (χ1n) is 2.54. The number of halogens is 1. The average Bonchev–Trinajstić information content (AvgIpc) is 1.64. The molecule has 0 aromatic heterocycles. The SMILES string of the molecule is Br.CC(C)C(N)C(=O)O. The third-order valence-corrected chi connectivity index (χ3v) is 1.00. The van der Waals surface area contributed by atoms with E-state index in [0.717, 1.165) is 0 Å². The summed E-state index contributed by atoms with van der Waals surface area (Å²) in [6.45, 7) is 3.55. The zero-order valence-electron chi connectivity index (χ0n) is 5.50. The Morgan fingerprint density at radius 1 is 1.56 bits per heavy atom. The lowest BCUT2D eigenvalue weighted by atomic mass is 10.1. The number of carbonyl (C=O) groups is 1. The van der Waals surface area contributed by atoms with Crippen LogP contribution in [0.4, 0.5) is 0 Å². The molecule has 0 fully saturated rings. The van der Waals surface area contributed by atoms with E-state index in [1.165, 1.54) is 0 Å². The molecule has 0 aliphatic carbocycles. The zero-order valence-corrected chi connectivity index (χ0v) is 7.21. The summed E-state index contributed by atoms with van der Waals surface area (Å²) in [5, 5.41) is 8.23. The average molecular weight is 198 g/mol. The van der Waals surface area contributed by atoms with Crippen molar-refractivity contribution in [2.24, 2.45) is 11.7 Å². The highest BCUT2D eigenvalue weighted by Crippen LogP contribution is 1.96. The van der Waals surface area contributed by atoms with Crippen molar-refractivity contribution < 1.29 is 9.90 Å². The normalized spacial score (nSPS) is 12.4. The Hall–Kier alpha value is -0.0900. The lowest BCUT2D eigenvalue weighted by Crippen LogP contribution is -2.34. The van der Waals surface area contributed by atoms with Gasteiger partial charge in [-0.05, 0) is 5.92 Å². The standard InChI is InChI=1S/C5H11NO2.BrH/c1-3(2)4(6)5(7)8;/h3-4H,6H2,1-2H3,(H,7,8);1H. The van der Waals surface area contributed by atoms with Crippen LogP contribution >= 0.6 is 17.0 Å². The predicted molar refractivity (Wildman–Crippen MR) is 40.8 cm³/mol. The van der Waals surface area contributed by atoms with Crippen LogP contribution < -0.4 is 5.73 Å². The van der Waals surface area contributed by atoms with Crippen LogP contribution in [0.15, 0.2) is 0 Å². The summed E-state index contributed by atoms with van der Waals surface area (Å²) in [4.78, 5) is 10.0. The number of hydrogen-bond donors (Lipinski definition) is 2. The maximum Gasteiger partial charge on any atom is 0.320 e. The summed E-state index contributed by atoms with van der Waals surface area (Å²) in [5.41, 5.74) is 5.16. The summed E-state index contributed by atoms with van der Waals surface area (Å²) in [5.74, 6) is -0.910. The van der Waals surface area contributed by atoms with Crippen LogP contribution in [-0.4, -0.2) is 17.1 Å². The van der Waals surface area contributed by atoms with Gasteiger partial charge in [0.2, 0.25) is 0 Å². The number of aliphatic carboxylic acids is 1. The molecule has 4 heteroatoms. The number of carboxylic acids is 1. The molecule has 0 aromatic rings. The van der Waals surface area contributed by atoms with Crippen molar-refractivity contribution in [3.63, 3.8) is 0 Å². The summed E-state index contributed by atoms with van der Waals surface area (Å²) in [7, 11) is 0. The Bertz CT molecular complexity index is 95.0. The van der Waals surface area contributed by atoms with E-state index in [-0.39, 0.29) is 22.9 Å². The first-order valence-corrected chi connectivity index (χ1v) is 2.54. The van der Waals surface area contributed by atoms with Crippen LogP contribution in [0, 0.1) is 5.92 Å². The molecule has 0 aliphatic rings. The molecule has 0 aromatic carbocycles. The fourth-order valence-electron chi connectivity index (χ4n) is 0.285. The molecule has 0 heterocycles. The highest BCUT2D eigenvalue weighted by atomic mass is 79.9. The second-order valence-corrected chi connectivity index (χ2v) is 2.11. The number of rotatable bonds is 2. The molecule has 3 nitrogen and oxygen atoms in total. The topological polar surface area (TPSA) is 63.3 Å². The monoisotopic (exact) mass is 197 g/mol. The Kier molecular flexibility index (Phi) is 6.17. The Morgan fingerprint density at radius 2 is 1.89 bits per heavy atom. The number of nitrogens with two attached hydrogens (primary N) is 1. The third kappa shape index (κ3) is 4.42. The maximum atomic E-state index is 10.0. The van der Waals surface area contributed by atoms with E-state index in [1.807, 2.05) is 0 Å². The van der Waals surface area contributed by atoms with E-state index < -0.39 is 12.0 Å². The fraction of sp³-hybridized carbons (Fsp3) is 0.800. The minimum absolute atomic E-state index is 0. The number of hydrogen-bond acceptors (Lipinski definition) is 2.